The third kappa shape index (κ3) is 2.46. The molecule has 3 rings (SSSR count). The molecule has 0 aromatic heterocycles. The predicted molar refractivity (Wildman–Crippen MR) is 77.1 cm³/mol. The fraction of sp³-hybridized carbons (Fsp3) is 0.588. The fourth-order valence-corrected chi connectivity index (χ4v) is 3.42. The van der Waals surface area contributed by atoms with Crippen molar-refractivity contribution in [1.29, 1.82) is 0 Å². The van der Waals surface area contributed by atoms with Gasteiger partial charge >= 0.3 is 0 Å². The summed E-state index contributed by atoms with van der Waals surface area (Å²) in [5, 5.41) is 0. The summed E-state index contributed by atoms with van der Waals surface area (Å²) in [6, 6.07) is 8.58. The minimum absolute atomic E-state index is 0.261. The summed E-state index contributed by atoms with van der Waals surface area (Å²) < 4.78 is 0. The van der Waals surface area contributed by atoms with Gasteiger partial charge in [-0.25, -0.2) is 0 Å². The van der Waals surface area contributed by atoms with Gasteiger partial charge in [0.1, 0.15) is 0 Å². The van der Waals surface area contributed by atoms with Crippen LogP contribution in [-0.4, -0.2) is 11.3 Å². The zero-order chi connectivity index (χ0) is 13.5. The van der Waals surface area contributed by atoms with Crippen LogP contribution in [0.5, 0.6) is 0 Å². The lowest BCUT2D eigenvalue weighted by atomic mass is 9.77. The summed E-state index contributed by atoms with van der Waals surface area (Å²) in [6.45, 7) is 1.93. The molecule has 2 atom stereocenters. The molecule has 1 fully saturated rings. The molecule has 0 aliphatic heterocycles. The molecule has 19 heavy (non-hydrogen) atoms. The number of carbonyl (C=O) groups excluding carboxylic acids is 1. The van der Waals surface area contributed by atoms with Crippen LogP contribution in [0.25, 0.3) is 0 Å². The molecule has 102 valence electrons. The number of hydrogen-bond acceptors (Lipinski definition) is 2. The van der Waals surface area contributed by atoms with E-state index in [9.17, 15) is 4.79 Å². The van der Waals surface area contributed by atoms with Gasteiger partial charge in [0.15, 0.2) is 5.78 Å². The Kier molecular flexibility index (Phi) is 3.22. The van der Waals surface area contributed by atoms with E-state index in [1.807, 2.05) is 6.92 Å². The number of rotatable bonds is 4. The molecule has 0 radical (unpaired) electrons. The number of nitrogens with two attached hydrogens (primary N) is 1. The summed E-state index contributed by atoms with van der Waals surface area (Å²) in [5.74, 6) is 1.08. The Hall–Kier alpha value is -1.15. The molecule has 0 saturated heterocycles. The fourth-order valence-electron chi connectivity index (χ4n) is 3.42. The molecule has 1 saturated carbocycles. The van der Waals surface area contributed by atoms with Gasteiger partial charge in [-0.2, -0.15) is 0 Å². The van der Waals surface area contributed by atoms with Crippen LogP contribution >= 0.6 is 0 Å². The van der Waals surface area contributed by atoms with E-state index in [2.05, 4.69) is 24.3 Å². The number of fused-ring (bicyclic) bond motifs is 1. The van der Waals surface area contributed by atoms with Crippen LogP contribution in [0.15, 0.2) is 24.3 Å². The molecule has 2 heteroatoms. The summed E-state index contributed by atoms with van der Waals surface area (Å²) in [6.07, 6.45) is 6.35. The van der Waals surface area contributed by atoms with E-state index < -0.39 is 5.54 Å². The molecule has 2 unspecified atom stereocenters. The van der Waals surface area contributed by atoms with Gasteiger partial charge in [-0.15, -0.1) is 0 Å². The van der Waals surface area contributed by atoms with Crippen molar-refractivity contribution in [2.24, 2.45) is 11.7 Å². The van der Waals surface area contributed by atoms with Crippen molar-refractivity contribution < 1.29 is 4.79 Å². The molecule has 1 aromatic carbocycles. The van der Waals surface area contributed by atoms with Gasteiger partial charge in [0.25, 0.3) is 0 Å². The molecule has 0 bridgehead atoms. The van der Waals surface area contributed by atoms with Gasteiger partial charge in [-0.3, -0.25) is 4.79 Å². The first-order valence-electron chi connectivity index (χ1n) is 7.49. The quantitative estimate of drug-likeness (QED) is 0.900. The molecular formula is C17H23NO. The number of aryl methyl sites for hydroxylation is 1. The molecule has 0 amide bonds. The number of benzene rings is 1. The molecule has 1 aromatic rings. The largest absolute Gasteiger partial charge is 0.319 e. The third-order valence-electron chi connectivity index (χ3n) is 4.95. The normalized spacial score (nSPS) is 25.5. The maximum Gasteiger partial charge on any atom is 0.153 e. The van der Waals surface area contributed by atoms with Gasteiger partial charge in [0.05, 0.1) is 5.54 Å². The van der Waals surface area contributed by atoms with E-state index in [1.165, 1.54) is 17.5 Å². The molecule has 2 aliphatic rings. The summed E-state index contributed by atoms with van der Waals surface area (Å²) in [4.78, 5) is 12.5. The van der Waals surface area contributed by atoms with Gasteiger partial charge in [-0.05, 0) is 62.0 Å². The second-order valence-corrected chi connectivity index (χ2v) is 6.47. The third-order valence-corrected chi connectivity index (χ3v) is 4.95. The first kappa shape index (κ1) is 12.9. The summed E-state index contributed by atoms with van der Waals surface area (Å²) in [7, 11) is 0. The number of ketones is 1. The van der Waals surface area contributed by atoms with E-state index in [1.54, 1.807) is 0 Å². The van der Waals surface area contributed by atoms with E-state index in [-0.39, 0.29) is 5.78 Å². The van der Waals surface area contributed by atoms with E-state index in [0.717, 1.165) is 25.7 Å². The number of carbonyl (C=O) groups is 1. The van der Waals surface area contributed by atoms with Gasteiger partial charge < -0.3 is 5.73 Å². The van der Waals surface area contributed by atoms with Crippen molar-refractivity contribution in [2.75, 3.05) is 0 Å². The van der Waals surface area contributed by atoms with E-state index >= 15 is 0 Å². The predicted octanol–water partition coefficient (Wildman–Crippen LogP) is 3.19. The Morgan fingerprint density at radius 3 is 2.79 bits per heavy atom. The SMILES string of the molecule is CC(N)(C(=O)CC1CCCc2ccccc21)C1CC1. The monoisotopic (exact) mass is 257 g/mol. The van der Waals surface area contributed by atoms with Crippen molar-refractivity contribution in [2.45, 2.75) is 56.9 Å². The van der Waals surface area contributed by atoms with Crippen molar-refractivity contribution >= 4 is 5.78 Å². The molecule has 2 nitrogen and oxygen atoms in total. The maximum absolute atomic E-state index is 12.5. The van der Waals surface area contributed by atoms with Gasteiger partial charge in [0, 0.05) is 6.42 Å². The first-order chi connectivity index (χ1) is 9.09. The zero-order valence-corrected chi connectivity index (χ0v) is 11.7. The lowest BCUT2D eigenvalue weighted by Crippen LogP contribution is -2.47. The Bertz CT molecular complexity index is 488. The zero-order valence-electron chi connectivity index (χ0n) is 11.7. The second kappa shape index (κ2) is 4.75. The summed E-state index contributed by atoms with van der Waals surface area (Å²) >= 11 is 0. The molecule has 2 N–H and O–H groups in total. The van der Waals surface area contributed by atoms with Gasteiger partial charge in [-0.1, -0.05) is 24.3 Å². The van der Waals surface area contributed by atoms with Crippen LogP contribution in [0.3, 0.4) is 0 Å². The smallest absolute Gasteiger partial charge is 0.153 e. The minimum atomic E-state index is -0.591. The average molecular weight is 257 g/mol. The molecule has 2 aliphatic carbocycles. The Labute approximate surface area is 115 Å². The lowest BCUT2D eigenvalue weighted by Gasteiger charge is -2.29. The second-order valence-electron chi connectivity index (χ2n) is 6.47. The molecule has 0 spiro atoms. The molecular weight excluding hydrogens is 234 g/mol. The lowest BCUT2D eigenvalue weighted by molar-refractivity contribution is -0.124. The van der Waals surface area contributed by atoms with Crippen LogP contribution in [-0.2, 0) is 11.2 Å². The topological polar surface area (TPSA) is 43.1 Å². The van der Waals surface area contributed by atoms with Crippen LogP contribution in [0.4, 0.5) is 0 Å². The van der Waals surface area contributed by atoms with Crippen LogP contribution in [0.2, 0.25) is 0 Å². The Balaban J connectivity index is 1.76. The highest BCUT2D eigenvalue weighted by atomic mass is 16.1. The number of Topliss-reactive ketones (excluding diaryl/α,β-unsaturated/α-hetero) is 1. The van der Waals surface area contributed by atoms with Crippen molar-refractivity contribution in [1.82, 2.24) is 0 Å². The highest BCUT2D eigenvalue weighted by Gasteiger charge is 2.44. The van der Waals surface area contributed by atoms with E-state index in [0.29, 0.717) is 18.3 Å². The van der Waals surface area contributed by atoms with Gasteiger partial charge in [0.2, 0.25) is 0 Å². The first-order valence-corrected chi connectivity index (χ1v) is 7.49. The van der Waals surface area contributed by atoms with Crippen molar-refractivity contribution in [3.8, 4) is 0 Å². The summed E-state index contributed by atoms with van der Waals surface area (Å²) in [5.41, 5.74) is 8.47. The highest BCUT2D eigenvalue weighted by Crippen LogP contribution is 2.41. The van der Waals surface area contributed by atoms with Crippen molar-refractivity contribution in [3.63, 3.8) is 0 Å². The van der Waals surface area contributed by atoms with Crippen LogP contribution < -0.4 is 5.73 Å². The highest BCUT2D eigenvalue weighted by molar-refractivity contribution is 5.89. The van der Waals surface area contributed by atoms with Crippen molar-refractivity contribution in [3.05, 3.63) is 35.4 Å². The molecule has 0 heterocycles. The average Bonchev–Trinajstić information content (AvgIpc) is 3.23. The van der Waals surface area contributed by atoms with Crippen LogP contribution in [0.1, 0.15) is 56.1 Å². The standard InChI is InChI=1S/C17H23NO/c1-17(18,14-9-10-14)16(19)11-13-7-4-6-12-5-2-3-8-15(12)13/h2-3,5,8,13-14H,4,6-7,9-11,18H2,1H3. The van der Waals surface area contributed by atoms with E-state index in [4.69, 9.17) is 5.73 Å². The minimum Gasteiger partial charge on any atom is -0.319 e. The van der Waals surface area contributed by atoms with Crippen LogP contribution in [0, 0.1) is 5.92 Å². The number of hydrogen-bond donors (Lipinski definition) is 1. The Morgan fingerprint density at radius 1 is 1.32 bits per heavy atom. The maximum atomic E-state index is 12.5. The Morgan fingerprint density at radius 2 is 2.05 bits per heavy atom.